The van der Waals surface area contributed by atoms with Crippen LogP contribution >= 0.6 is 0 Å². The standard InChI is InChI=1S/C16H10N4/c1-2-5-12-11(4-1)9-19-13-6-3-7-18-16(13)20-10-17-8-14(20)15(12)19/h1-10H. The van der Waals surface area contributed by atoms with E-state index in [1.807, 2.05) is 24.8 Å². The maximum absolute atomic E-state index is 4.50. The lowest BCUT2D eigenvalue weighted by Gasteiger charge is -2.06. The van der Waals surface area contributed by atoms with Crippen LogP contribution in [0.4, 0.5) is 0 Å². The van der Waals surface area contributed by atoms with Gasteiger partial charge in [0.05, 0.1) is 22.7 Å². The summed E-state index contributed by atoms with van der Waals surface area (Å²) < 4.78 is 4.27. The summed E-state index contributed by atoms with van der Waals surface area (Å²) in [5.74, 6) is 0. The van der Waals surface area contributed by atoms with Gasteiger partial charge >= 0.3 is 0 Å². The Bertz CT molecular complexity index is 1100. The minimum atomic E-state index is 0.924. The first-order valence-electron chi connectivity index (χ1n) is 6.52. The highest BCUT2D eigenvalue weighted by Crippen LogP contribution is 2.29. The van der Waals surface area contributed by atoms with E-state index < -0.39 is 0 Å². The largest absolute Gasteiger partial charge is 0.311 e. The summed E-state index contributed by atoms with van der Waals surface area (Å²) in [6.45, 7) is 0. The lowest BCUT2D eigenvalue weighted by molar-refractivity contribution is 1.13. The number of hydrogen-bond acceptors (Lipinski definition) is 2. The van der Waals surface area contributed by atoms with E-state index in [4.69, 9.17) is 0 Å². The van der Waals surface area contributed by atoms with Gasteiger partial charge in [-0.3, -0.25) is 4.40 Å². The van der Waals surface area contributed by atoms with Gasteiger partial charge in [-0.1, -0.05) is 24.3 Å². The summed E-state index contributed by atoms with van der Waals surface area (Å²) in [6.07, 6.45) is 7.71. The quantitative estimate of drug-likeness (QED) is 0.427. The maximum Gasteiger partial charge on any atom is 0.162 e. The summed E-state index contributed by atoms with van der Waals surface area (Å²) in [6, 6.07) is 12.5. The monoisotopic (exact) mass is 258 g/mol. The molecule has 0 saturated heterocycles. The summed E-state index contributed by atoms with van der Waals surface area (Å²) in [4.78, 5) is 8.80. The number of hydrogen-bond donors (Lipinski definition) is 0. The molecule has 0 atom stereocenters. The Labute approximate surface area is 113 Å². The highest BCUT2D eigenvalue weighted by Gasteiger charge is 2.12. The van der Waals surface area contributed by atoms with Crippen LogP contribution in [0.5, 0.6) is 0 Å². The Morgan fingerprint density at radius 2 is 1.85 bits per heavy atom. The fraction of sp³-hybridized carbons (Fsp3) is 0. The summed E-state index contributed by atoms with van der Waals surface area (Å²) in [5.41, 5.74) is 4.27. The van der Waals surface area contributed by atoms with Gasteiger partial charge in [-0.2, -0.15) is 0 Å². The second kappa shape index (κ2) is 3.36. The van der Waals surface area contributed by atoms with Crippen molar-refractivity contribution in [2.45, 2.75) is 0 Å². The third kappa shape index (κ3) is 1.07. The molecule has 0 fully saturated rings. The molecule has 0 aliphatic heterocycles. The van der Waals surface area contributed by atoms with Gasteiger partial charge in [0.25, 0.3) is 0 Å². The Hall–Kier alpha value is -2.88. The molecule has 5 rings (SSSR count). The smallest absolute Gasteiger partial charge is 0.162 e. The SMILES string of the molecule is c1ccc2c(c1)cn1c3cccnc3n3cncc3c21. The molecule has 4 heteroatoms. The normalized spacial score (nSPS) is 12.0. The minimum absolute atomic E-state index is 0.924. The predicted octanol–water partition coefficient (Wildman–Crippen LogP) is 3.29. The molecule has 4 nitrogen and oxygen atoms in total. The van der Waals surface area contributed by atoms with Gasteiger partial charge < -0.3 is 4.40 Å². The number of imidazole rings is 1. The third-order valence-electron chi connectivity index (χ3n) is 3.86. The first kappa shape index (κ1) is 9.97. The second-order valence-electron chi connectivity index (χ2n) is 4.93. The fourth-order valence-electron chi connectivity index (χ4n) is 3.01. The zero-order valence-electron chi connectivity index (χ0n) is 10.6. The van der Waals surface area contributed by atoms with Gasteiger partial charge in [0.15, 0.2) is 5.65 Å². The second-order valence-corrected chi connectivity index (χ2v) is 4.93. The van der Waals surface area contributed by atoms with Gasteiger partial charge in [0.2, 0.25) is 0 Å². The third-order valence-corrected chi connectivity index (χ3v) is 3.86. The molecule has 1 aromatic carbocycles. The molecule has 20 heavy (non-hydrogen) atoms. The van der Waals surface area contributed by atoms with Crippen LogP contribution in [0.25, 0.3) is 33.0 Å². The van der Waals surface area contributed by atoms with E-state index >= 15 is 0 Å². The van der Waals surface area contributed by atoms with Crippen molar-refractivity contribution in [1.82, 2.24) is 18.8 Å². The molecule has 94 valence electrons. The fourth-order valence-corrected chi connectivity index (χ4v) is 3.01. The molecule has 0 unspecified atom stereocenters. The van der Waals surface area contributed by atoms with E-state index in [-0.39, 0.29) is 0 Å². The van der Waals surface area contributed by atoms with Crippen LogP contribution in [-0.4, -0.2) is 18.8 Å². The Balaban J connectivity index is 2.26. The molecular formula is C16H10N4. The van der Waals surface area contributed by atoms with Crippen LogP contribution in [0.2, 0.25) is 0 Å². The van der Waals surface area contributed by atoms with Crippen molar-refractivity contribution in [3.63, 3.8) is 0 Å². The Morgan fingerprint density at radius 3 is 2.85 bits per heavy atom. The van der Waals surface area contributed by atoms with Crippen molar-refractivity contribution in [2.24, 2.45) is 0 Å². The van der Waals surface area contributed by atoms with Gasteiger partial charge in [0, 0.05) is 23.2 Å². The van der Waals surface area contributed by atoms with E-state index in [0.717, 1.165) is 16.7 Å². The van der Waals surface area contributed by atoms with Crippen LogP contribution in [0.1, 0.15) is 0 Å². The van der Waals surface area contributed by atoms with Crippen molar-refractivity contribution in [1.29, 1.82) is 0 Å². The number of fused-ring (bicyclic) bond motifs is 8. The van der Waals surface area contributed by atoms with E-state index in [1.165, 1.54) is 16.3 Å². The van der Waals surface area contributed by atoms with Crippen molar-refractivity contribution < 1.29 is 0 Å². The summed E-state index contributed by atoms with van der Waals surface area (Å²) in [7, 11) is 0. The molecular weight excluding hydrogens is 248 g/mol. The topological polar surface area (TPSA) is 34.6 Å². The molecule has 4 aromatic heterocycles. The number of benzene rings is 1. The van der Waals surface area contributed by atoms with Crippen LogP contribution in [-0.2, 0) is 0 Å². The molecule has 0 radical (unpaired) electrons. The maximum atomic E-state index is 4.50. The average Bonchev–Trinajstić information content (AvgIpc) is 3.11. The molecule has 0 amide bonds. The zero-order valence-corrected chi connectivity index (χ0v) is 10.6. The van der Waals surface area contributed by atoms with E-state index in [0.29, 0.717) is 0 Å². The number of pyridine rings is 1. The van der Waals surface area contributed by atoms with Crippen molar-refractivity contribution in [3.05, 3.63) is 61.3 Å². The zero-order chi connectivity index (χ0) is 13.1. The van der Waals surface area contributed by atoms with Crippen molar-refractivity contribution in [3.8, 4) is 0 Å². The molecule has 0 aliphatic rings. The van der Waals surface area contributed by atoms with Gasteiger partial charge in [-0.25, -0.2) is 9.97 Å². The molecule has 4 heterocycles. The molecule has 0 bridgehead atoms. The highest BCUT2D eigenvalue weighted by atomic mass is 15.1. The predicted molar refractivity (Wildman–Crippen MR) is 79.0 cm³/mol. The van der Waals surface area contributed by atoms with Gasteiger partial charge in [-0.15, -0.1) is 0 Å². The van der Waals surface area contributed by atoms with Crippen LogP contribution in [0.15, 0.2) is 61.3 Å². The van der Waals surface area contributed by atoms with E-state index in [2.05, 4.69) is 55.3 Å². The number of nitrogens with zero attached hydrogens (tertiary/aromatic N) is 4. The van der Waals surface area contributed by atoms with E-state index in [1.54, 1.807) is 0 Å². The summed E-state index contributed by atoms with van der Waals surface area (Å²) in [5, 5.41) is 2.47. The lowest BCUT2D eigenvalue weighted by Crippen LogP contribution is -1.96. The molecule has 0 N–H and O–H groups in total. The average molecular weight is 258 g/mol. The van der Waals surface area contributed by atoms with Gasteiger partial charge in [0.1, 0.15) is 6.33 Å². The van der Waals surface area contributed by atoms with Crippen molar-refractivity contribution >= 4 is 33.0 Å². The van der Waals surface area contributed by atoms with E-state index in [9.17, 15) is 0 Å². The number of aromatic nitrogens is 4. The first-order chi connectivity index (χ1) is 9.93. The molecule has 0 aliphatic carbocycles. The van der Waals surface area contributed by atoms with Gasteiger partial charge in [-0.05, 0) is 12.1 Å². The minimum Gasteiger partial charge on any atom is -0.311 e. The molecule has 0 saturated carbocycles. The Kier molecular flexibility index (Phi) is 1.68. The van der Waals surface area contributed by atoms with Crippen LogP contribution in [0.3, 0.4) is 0 Å². The number of rotatable bonds is 0. The molecule has 0 spiro atoms. The highest BCUT2D eigenvalue weighted by molar-refractivity contribution is 6.07. The summed E-state index contributed by atoms with van der Waals surface area (Å²) >= 11 is 0. The van der Waals surface area contributed by atoms with Crippen molar-refractivity contribution in [2.75, 3.05) is 0 Å². The first-order valence-corrected chi connectivity index (χ1v) is 6.52. The Morgan fingerprint density at radius 1 is 0.900 bits per heavy atom. The lowest BCUT2D eigenvalue weighted by atomic mass is 10.2. The van der Waals surface area contributed by atoms with Crippen LogP contribution < -0.4 is 0 Å². The molecule has 5 aromatic rings. The van der Waals surface area contributed by atoms with Crippen LogP contribution in [0, 0.1) is 0 Å².